The van der Waals surface area contributed by atoms with Crippen molar-refractivity contribution >= 4 is 0 Å². The predicted octanol–water partition coefficient (Wildman–Crippen LogP) is 4.45. The lowest BCUT2D eigenvalue weighted by molar-refractivity contribution is 0.243. The largest absolute Gasteiger partial charge is 0.294 e. The second-order valence-electron chi connectivity index (χ2n) is 6.23. The van der Waals surface area contributed by atoms with Crippen molar-refractivity contribution in [1.29, 1.82) is 0 Å². The van der Waals surface area contributed by atoms with Gasteiger partial charge in [-0.2, -0.15) is 0 Å². The molecule has 1 aromatic heterocycles. The lowest BCUT2D eigenvalue weighted by Gasteiger charge is -2.28. The van der Waals surface area contributed by atoms with Gasteiger partial charge in [0.1, 0.15) is 5.82 Å². The zero-order chi connectivity index (χ0) is 16.4. The van der Waals surface area contributed by atoms with Crippen molar-refractivity contribution in [2.45, 2.75) is 19.5 Å². The van der Waals surface area contributed by atoms with Crippen molar-refractivity contribution in [3.05, 3.63) is 89.4 Å². The molecule has 1 aliphatic rings. The van der Waals surface area contributed by atoms with E-state index in [1.54, 1.807) is 12.1 Å². The minimum atomic E-state index is -0.216. The number of aromatic nitrogens is 1. The third kappa shape index (κ3) is 3.08. The van der Waals surface area contributed by atoms with Gasteiger partial charge in [-0.05, 0) is 29.3 Å². The van der Waals surface area contributed by atoms with E-state index in [0.29, 0.717) is 5.56 Å². The van der Waals surface area contributed by atoms with E-state index in [0.717, 1.165) is 37.4 Å². The fraction of sp³-hybridized carbons (Fsp3) is 0.190. The summed E-state index contributed by atoms with van der Waals surface area (Å²) in [6.45, 7) is 2.83. The summed E-state index contributed by atoms with van der Waals surface area (Å²) in [6.07, 6.45) is 0.907. The Morgan fingerprint density at radius 2 is 1.71 bits per heavy atom. The van der Waals surface area contributed by atoms with Crippen LogP contribution < -0.4 is 0 Å². The van der Waals surface area contributed by atoms with Crippen LogP contribution in [0.25, 0.3) is 11.3 Å². The number of rotatable bonds is 3. The number of halogens is 1. The fourth-order valence-corrected chi connectivity index (χ4v) is 3.27. The molecule has 0 aliphatic carbocycles. The highest BCUT2D eigenvalue weighted by molar-refractivity contribution is 5.60. The van der Waals surface area contributed by atoms with E-state index in [2.05, 4.69) is 35.2 Å². The zero-order valence-corrected chi connectivity index (χ0v) is 13.5. The summed E-state index contributed by atoms with van der Waals surface area (Å²) in [4.78, 5) is 7.15. The van der Waals surface area contributed by atoms with Crippen LogP contribution in [0.15, 0.2) is 66.7 Å². The fourth-order valence-electron chi connectivity index (χ4n) is 3.27. The van der Waals surface area contributed by atoms with Crippen LogP contribution in [0.4, 0.5) is 4.39 Å². The van der Waals surface area contributed by atoms with E-state index in [9.17, 15) is 4.39 Å². The molecule has 4 rings (SSSR count). The van der Waals surface area contributed by atoms with Crippen molar-refractivity contribution in [3.63, 3.8) is 0 Å². The standard InChI is InChI=1S/C21H19FN2/c22-19-9-5-4-8-18(19)21-11-10-17-15-24(13-12-20(17)23-21)14-16-6-2-1-3-7-16/h1-11H,12-15H2. The summed E-state index contributed by atoms with van der Waals surface area (Å²) in [6, 6.07) is 21.4. The molecule has 1 aliphatic heterocycles. The molecule has 3 aromatic rings. The molecule has 24 heavy (non-hydrogen) atoms. The smallest absolute Gasteiger partial charge is 0.132 e. The number of fused-ring (bicyclic) bond motifs is 1. The number of benzene rings is 2. The van der Waals surface area contributed by atoms with Gasteiger partial charge in [0.15, 0.2) is 0 Å². The van der Waals surface area contributed by atoms with Crippen molar-refractivity contribution in [1.82, 2.24) is 9.88 Å². The maximum Gasteiger partial charge on any atom is 0.132 e. The van der Waals surface area contributed by atoms with Gasteiger partial charge in [0, 0.05) is 37.3 Å². The first-order chi connectivity index (χ1) is 11.8. The van der Waals surface area contributed by atoms with Crippen LogP contribution in [0, 0.1) is 5.82 Å². The number of pyridine rings is 1. The van der Waals surface area contributed by atoms with Crippen molar-refractivity contribution in [3.8, 4) is 11.3 Å². The third-order valence-electron chi connectivity index (χ3n) is 4.53. The first kappa shape index (κ1) is 15.0. The van der Waals surface area contributed by atoms with Gasteiger partial charge in [0.05, 0.1) is 5.69 Å². The van der Waals surface area contributed by atoms with Crippen molar-refractivity contribution in [2.24, 2.45) is 0 Å². The second kappa shape index (κ2) is 6.54. The Kier molecular flexibility index (Phi) is 4.09. The molecule has 2 aromatic carbocycles. The van der Waals surface area contributed by atoms with E-state index in [4.69, 9.17) is 4.98 Å². The molecule has 0 saturated carbocycles. The molecule has 3 heteroatoms. The quantitative estimate of drug-likeness (QED) is 0.709. The maximum atomic E-state index is 14.0. The normalized spacial score (nSPS) is 14.4. The topological polar surface area (TPSA) is 16.1 Å². The van der Waals surface area contributed by atoms with E-state index < -0.39 is 0 Å². The molecule has 0 N–H and O–H groups in total. The molecule has 0 radical (unpaired) electrons. The highest BCUT2D eigenvalue weighted by atomic mass is 19.1. The molecule has 0 saturated heterocycles. The van der Waals surface area contributed by atoms with Gasteiger partial charge < -0.3 is 0 Å². The van der Waals surface area contributed by atoms with Gasteiger partial charge >= 0.3 is 0 Å². The van der Waals surface area contributed by atoms with Crippen LogP contribution in [-0.2, 0) is 19.5 Å². The molecule has 120 valence electrons. The van der Waals surface area contributed by atoms with E-state index >= 15 is 0 Å². The van der Waals surface area contributed by atoms with Crippen LogP contribution in [0.2, 0.25) is 0 Å². The van der Waals surface area contributed by atoms with Crippen LogP contribution in [-0.4, -0.2) is 16.4 Å². The minimum absolute atomic E-state index is 0.216. The second-order valence-corrected chi connectivity index (χ2v) is 6.23. The Morgan fingerprint density at radius 1 is 0.917 bits per heavy atom. The highest BCUT2D eigenvalue weighted by Crippen LogP contribution is 2.25. The lowest BCUT2D eigenvalue weighted by atomic mass is 10.0. The van der Waals surface area contributed by atoms with Gasteiger partial charge in [-0.15, -0.1) is 0 Å². The zero-order valence-electron chi connectivity index (χ0n) is 13.5. The van der Waals surface area contributed by atoms with Crippen molar-refractivity contribution < 1.29 is 4.39 Å². The van der Waals surface area contributed by atoms with Gasteiger partial charge in [0.25, 0.3) is 0 Å². The minimum Gasteiger partial charge on any atom is -0.294 e. The molecule has 2 heterocycles. The SMILES string of the molecule is Fc1ccccc1-c1ccc2c(n1)CCN(Cc1ccccc1)C2. The third-order valence-corrected chi connectivity index (χ3v) is 4.53. The first-order valence-electron chi connectivity index (χ1n) is 8.29. The molecule has 0 fully saturated rings. The Morgan fingerprint density at radius 3 is 2.54 bits per heavy atom. The summed E-state index contributed by atoms with van der Waals surface area (Å²) < 4.78 is 14.0. The first-order valence-corrected chi connectivity index (χ1v) is 8.29. The van der Waals surface area contributed by atoms with Gasteiger partial charge in [-0.3, -0.25) is 9.88 Å². The molecule has 0 bridgehead atoms. The Hall–Kier alpha value is -2.52. The molecule has 0 spiro atoms. The Bertz CT molecular complexity index is 845. The Labute approximate surface area is 141 Å². The molecule has 2 nitrogen and oxygen atoms in total. The van der Waals surface area contributed by atoms with Crippen LogP contribution in [0.5, 0.6) is 0 Å². The van der Waals surface area contributed by atoms with Gasteiger partial charge in [-0.25, -0.2) is 4.39 Å². The molecule has 0 atom stereocenters. The van der Waals surface area contributed by atoms with E-state index in [1.165, 1.54) is 17.2 Å². The monoisotopic (exact) mass is 318 g/mol. The van der Waals surface area contributed by atoms with E-state index in [-0.39, 0.29) is 5.82 Å². The average molecular weight is 318 g/mol. The van der Waals surface area contributed by atoms with Crippen LogP contribution in [0.3, 0.4) is 0 Å². The number of hydrogen-bond donors (Lipinski definition) is 0. The summed E-state index contributed by atoms with van der Waals surface area (Å²) in [5, 5.41) is 0. The predicted molar refractivity (Wildman–Crippen MR) is 93.9 cm³/mol. The molecule has 0 unspecified atom stereocenters. The van der Waals surface area contributed by atoms with Crippen LogP contribution >= 0.6 is 0 Å². The maximum absolute atomic E-state index is 14.0. The summed E-state index contributed by atoms with van der Waals surface area (Å²) in [7, 11) is 0. The average Bonchev–Trinajstić information content (AvgIpc) is 2.63. The molecular weight excluding hydrogens is 299 g/mol. The van der Waals surface area contributed by atoms with Gasteiger partial charge in [-0.1, -0.05) is 48.5 Å². The Balaban J connectivity index is 1.55. The van der Waals surface area contributed by atoms with Crippen LogP contribution in [0.1, 0.15) is 16.8 Å². The van der Waals surface area contributed by atoms with Gasteiger partial charge in [0.2, 0.25) is 0 Å². The highest BCUT2D eigenvalue weighted by Gasteiger charge is 2.18. The molecule has 0 amide bonds. The number of nitrogens with zero attached hydrogens (tertiary/aromatic N) is 2. The van der Waals surface area contributed by atoms with E-state index in [1.807, 2.05) is 18.2 Å². The number of hydrogen-bond acceptors (Lipinski definition) is 2. The molecular formula is C21H19FN2. The summed E-state index contributed by atoms with van der Waals surface area (Å²) in [5.74, 6) is -0.216. The van der Waals surface area contributed by atoms with Crippen molar-refractivity contribution in [2.75, 3.05) is 6.54 Å². The lowest BCUT2D eigenvalue weighted by Crippen LogP contribution is -2.30. The summed E-state index contributed by atoms with van der Waals surface area (Å²) >= 11 is 0. The summed E-state index contributed by atoms with van der Waals surface area (Å²) in [5.41, 5.74) is 4.98.